The van der Waals surface area contributed by atoms with Gasteiger partial charge in [0.25, 0.3) is 0 Å². The maximum Gasteiger partial charge on any atom is 0.228 e. The zero-order chi connectivity index (χ0) is 16.7. The summed E-state index contributed by atoms with van der Waals surface area (Å²) in [6.07, 6.45) is 5.02. The van der Waals surface area contributed by atoms with E-state index in [4.69, 9.17) is 0 Å². The molecule has 2 saturated heterocycles. The molecule has 2 atom stereocenters. The van der Waals surface area contributed by atoms with Gasteiger partial charge in [0.05, 0.1) is 10.9 Å². The second-order valence-corrected chi connectivity index (χ2v) is 8.48. The Kier molecular flexibility index (Phi) is 4.33. The number of nitrogens with zero attached hydrogens (tertiary/aromatic N) is 3. The molecule has 0 spiro atoms. The van der Waals surface area contributed by atoms with E-state index in [2.05, 4.69) is 10.4 Å². The van der Waals surface area contributed by atoms with Crippen LogP contribution in [-0.4, -0.2) is 52.8 Å². The van der Waals surface area contributed by atoms with Gasteiger partial charge in [-0.15, -0.1) is 11.3 Å². The first kappa shape index (κ1) is 16.1. The van der Waals surface area contributed by atoms with E-state index in [1.807, 2.05) is 16.7 Å². The van der Waals surface area contributed by atoms with Crippen LogP contribution in [-0.2, 0) is 9.59 Å². The van der Waals surface area contributed by atoms with Crippen LogP contribution >= 0.6 is 11.3 Å². The van der Waals surface area contributed by atoms with Gasteiger partial charge in [0.15, 0.2) is 0 Å². The Bertz CT molecular complexity index is 640. The van der Waals surface area contributed by atoms with E-state index in [1.165, 1.54) is 12.8 Å². The number of carbonyl (C=O) groups excluding carboxylic acids is 2. The molecule has 0 unspecified atom stereocenters. The molecule has 6 heteroatoms. The Balaban J connectivity index is 1.38. The minimum absolute atomic E-state index is 0.131. The number of hydrogen-bond donors (Lipinski definition) is 0. The van der Waals surface area contributed by atoms with Crippen LogP contribution in [0.2, 0.25) is 0 Å². The average molecular weight is 347 g/mol. The number of thiazole rings is 1. The van der Waals surface area contributed by atoms with Gasteiger partial charge in [-0.2, -0.15) is 0 Å². The van der Waals surface area contributed by atoms with Gasteiger partial charge >= 0.3 is 0 Å². The molecule has 2 amide bonds. The van der Waals surface area contributed by atoms with Crippen LogP contribution in [0.1, 0.15) is 48.7 Å². The van der Waals surface area contributed by atoms with E-state index >= 15 is 0 Å². The number of hydrogen-bond acceptors (Lipinski definition) is 4. The van der Waals surface area contributed by atoms with Crippen molar-refractivity contribution in [2.75, 3.05) is 26.2 Å². The minimum atomic E-state index is -0.131. The highest BCUT2D eigenvalue weighted by atomic mass is 32.1. The largest absolute Gasteiger partial charge is 0.342 e. The summed E-state index contributed by atoms with van der Waals surface area (Å²) in [4.78, 5) is 33.6. The molecule has 1 aliphatic carbocycles. The van der Waals surface area contributed by atoms with Gasteiger partial charge in [-0.05, 0) is 38.5 Å². The lowest BCUT2D eigenvalue weighted by molar-refractivity contribution is -0.137. The summed E-state index contributed by atoms with van der Waals surface area (Å²) in [5.41, 5.74) is 1.07. The van der Waals surface area contributed by atoms with Crippen LogP contribution < -0.4 is 0 Å². The normalized spacial score (nSPS) is 27.8. The molecular weight excluding hydrogens is 322 g/mol. The van der Waals surface area contributed by atoms with Crippen LogP contribution in [0.5, 0.6) is 0 Å². The van der Waals surface area contributed by atoms with E-state index in [1.54, 1.807) is 11.3 Å². The van der Waals surface area contributed by atoms with E-state index in [0.717, 1.165) is 43.2 Å². The Morgan fingerprint density at radius 1 is 1.33 bits per heavy atom. The molecule has 1 aromatic heterocycles. The zero-order valence-corrected chi connectivity index (χ0v) is 15.1. The number of rotatable bonds is 4. The van der Waals surface area contributed by atoms with Gasteiger partial charge in [-0.3, -0.25) is 9.59 Å². The Hall–Kier alpha value is -1.43. The number of aromatic nitrogens is 1. The molecule has 3 heterocycles. The zero-order valence-electron chi connectivity index (χ0n) is 14.2. The van der Waals surface area contributed by atoms with Crippen molar-refractivity contribution >= 4 is 23.2 Å². The molecule has 130 valence electrons. The first-order valence-corrected chi connectivity index (χ1v) is 9.96. The predicted molar refractivity (Wildman–Crippen MR) is 92.8 cm³/mol. The van der Waals surface area contributed by atoms with Crippen molar-refractivity contribution in [1.82, 2.24) is 14.8 Å². The van der Waals surface area contributed by atoms with Gasteiger partial charge < -0.3 is 9.80 Å². The second kappa shape index (κ2) is 6.47. The molecule has 0 radical (unpaired) electrons. The molecule has 0 bridgehead atoms. The first-order valence-electron chi connectivity index (χ1n) is 9.08. The summed E-state index contributed by atoms with van der Waals surface area (Å²) in [6.45, 7) is 5.10. The third-order valence-corrected chi connectivity index (χ3v) is 6.58. The average Bonchev–Trinajstić information content (AvgIpc) is 3.18. The number of carbonyl (C=O) groups is 2. The summed E-state index contributed by atoms with van der Waals surface area (Å²) < 4.78 is 0. The smallest absolute Gasteiger partial charge is 0.228 e. The fraction of sp³-hybridized carbons (Fsp3) is 0.722. The number of aryl methyl sites for hydroxylation is 1. The summed E-state index contributed by atoms with van der Waals surface area (Å²) in [5.74, 6) is 1.27. The molecule has 2 aliphatic heterocycles. The van der Waals surface area contributed by atoms with Crippen molar-refractivity contribution in [1.29, 1.82) is 0 Å². The standard InChI is InChI=1S/C18H25N3O2S/c1-12-11-24-17(19-12)14-3-2-6-20(9-14)18(23)15-7-16(22)21(10-15)8-13-4-5-13/h11,13-15H,2-10H2,1H3/t14-,15-/m0/s1. The Morgan fingerprint density at radius 3 is 2.88 bits per heavy atom. The maximum atomic E-state index is 12.9. The van der Waals surface area contributed by atoms with Crippen molar-refractivity contribution in [3.63, 3.8) is 0 Å². The molecule has 4 rings (SSSR count). The fourth-order valence-electron chi connectivity index (χ4n) is 3.92. The van der Waals surface area contributed by atoms with E-state index in [-0.39, 0.29) is 17.7 Å². The van der Waals surface area contributed by atoms with Crippen LogP contribution in [0.15, 0.2) is 5.38 Å². The second-order valence-electron chi connectivity index (χ2n) is 7.59. The van der Waals surface area contributed by atoms with Crippen LogP contribution in [0.4, 0.5) is 0 Å². The lowest BCUT2D eigenvalue weighted by Gasteiger charge is -2.33. The molecule has 3 aliphatic rings. The molecule has 5 nitrogen and oxygen atoms in total. The van der Waals surface area contributed by atoms with Crippen molar-refractivity contribution in [3.8, 4) is 0 Å². The maximum absolute atomic E-state index is 12.9. The Morgan fingerprint density at radius 2 is 2.17 bits per heavy atom. The van der Waals surface area contributed by atoms with Gasteiger partial charge in [-0.1, -0.05) is 0 Å². The minimum Gasteiger partial charge on any atom is -0.342 e. The highest BCUT2D eigenvalue weighted by Crippen LogP contribution is 2.33. The van der Waals surface area contributed by atoms with Crippen LogP contribution in [0, 0.1) is 18.8 Å². The van der Waals surface area contributed by atoms with Crippen molar-refractivity contribution in [3.05, 3.63) is 16.1 Å². The number of amides is 2. The summed E-state index contributed by atoms with van der Waals surface area (Å²) in [7, 11) is 0. The van der Waals surface area contributed by atoms with Gasteiger partial charge in [0.1, 0.15) is 0 Å². The molecule has 0 N–H and O–H groups in total. The third kappa shape index (κ3) is 3.34. The van der Waals surface area contributed by atoms with Crippen LogP contribution in [0.25, 0.3) is 0 Å². The molecule has 3 fully saturated rings. The lowest BCUT2D eigenvalue weighted by Crippen LogP contribution is -2.43. The van der Waals surface area contributed by atoms with Gasteiger partial charge in [-0.25, -0.2) is 4.98 Å². The van der Waals surface area contributed by atoms with Crippen molar-refractivity contribution in [2.24, 2.45) is 11.8 Å². The summed E-state index contributed by atoms with van der Waals surface area (Å²) in [5, 5.41) is 3.24. The number of likely N-dealkylation sites (tertiary alicyclic amines) is 2. The molecule has 1 saturated carbocycles. The molecule has 0 aromatic carbocycles. The highest BCUT2D eigenvalue weighted by Gasteiger charge is 2.39. The van der Waals surface area contributed by atoms with Crippen molar-refractivity contribution < 1.29 is 9.59 Å². The van der Waals surface area contributed by atoms with Crippen LogP contribution in [0.3, 0.4) is 0 Å². The van der Waals surface area contributed by atoms with Gasteiger partial charge in [0.2, 0.25) is 11.8 Å². The Labute approximate surface area is 147 Å². The fourth-order valence-corrected chi connectivity index (χ4v) is 4.85. The predicted octanol–water partition coefficient (Wildman–Crippen LogP) is 2.42. The quantitative estimate of drug-likeness (QED) is 0.840. The monoisotopic (exact) mass is 347 g/mol. The third-order valence-electron chi connectivity index (χ3n) is 5.46. The summed E-state index contributed by atoms with van der Waals surface area (Å²) in [6, 6.07) is 0. The SMILES string of the molecule is Cc1csc([C@H]2CCCN(C(=O)[C@H]3CC(=O)N(CC4CC4)C3)C2)n1. The van der Waals surface area contributed by atoms with Gasteiger partial charge in [0, 0.05) is 49.6 Å². The highest BCUT2D eigenvalue weighted by molar-refractivity contribution is 7.09. The topological polar surface area (TPSA) is 53.5 Å². The van der Waals surface area contributed by atoms with E-state index < -0.39 is 0 Å². The molecule has 24 heavy (non-hydrogen) atoms. The van der Waals surface area contributed by atoms with Crippen molar-refractivity contribution in [2.45, 2.75) is 44.9 Å². The van der Waals surface area contributed by atoms with E-state index in [0.29, 0.717) is 24.8 Å². The molecule has 1 aromatic rings. The first-order chi connectivity index (χ1) is 11.6. The lowest BCUT2D eigenvalue weighted by atomic mass is 9.96. The van der Waals surface area contributed by atoms with E-state index in [9.17, 15) is 9.59 Å². The molecular formula is C18H25N3O2S. The number of piperidine rings is 1. The summed E-state index contributed by atoms with van der Waals surface area (Å²) >= 11 is 1.71.